The van der Waals surface area contributed by atoms with E-state index in [2.05, 4.69) is 62.8 Å². The average molecular weight is 250 g/mol. The summed E-state index contributed by atoms with van der Waals surface area (Å²) in [6, 6.07) is 1.14. The van der Waals surface area contributed by atoms with E-state index in [4.69, 9.17) is 0 Å². The van der Waals surface area contributed by atoms with Crippen LogP contribution in [0.1, 0.15) is 41.5 Å². The van der Waals surface area contributed by atoms with Crippen molar-refractivity contribution < 1.29 is 0 Å². The highest BCUT2D eigenvalue weighted by atomic mass is 15.6. The highest BCUT2D eigenvalue weighted by Gasteiger charge is 2.37. The van der Waals surface area contributed by atoms with Crippen molar-refractivity contribution in [1.82, 2.24) is 30.9 Å². The van der Waals surface area contributed by atoms with Crippen LogP contribution in [0.5, 0.6) is 0 Å². The van der Waals surface area contributed by atoms with E-state index < -0.39 is 0 Å². The van der Waals surface area contributed by atoms with E-state index in [1.165, 1.54) is 0 Å². The van der Waals surface area contributed by atoms with Crippen LogP contribution in [0.15, 0.2) is 0 Å². The number of rotatable bonds is 6. The molecule has 0 aromatic heterocycles. The third-order valence-electron chi connectivity index (χ3n) is 2.25. The third kappa shape index (κ3) is 5.30. The summed E-state index contributed by atoms with van der Waals surface area (Å²) in [5.41, 5.74) is 6.78. The van der Waals surface area contributed by atoms with Crippen LogP contribution in [-0.2, 0) is 0 Å². The fourth-order valence-electron chi connectivity index (χ4n) is 1.74. The molecule has 1 saturated heterocycles. The first-order valence-electron chi connectivity index (χ1n) is 6.68. The summed E-state index contributed by atoms with van der Waals surface area (Å²) in [4.78, 5) is 4.08. The summed E-state index contributed by atoms with van der Waals surface area (Å²) in [5.74, 6) is 0. The zero-order chi connectivity index (χ0) is 13.7. The molecule has 0 aromatic rings. The summed E-state index contributed by atoms with van der Waals surface area (Å²) < 4.78 is 0. The van der Waals surface area contributed by atoms with Crippen molar-refractivity contribution in [3.8, 4) is 0 Å². The maximum atomic E-state index is 3.52. The standard InChI is InChI=1S/C9H25B3N6/c1-7(2)13-12-17(14-8(3)4)10-16-11-18(12)15-9(5)6/h7-9,13-16H,1-6H3. The maximum Gasteiger partial charge on any atom is 0.407 e. The zero-order valence-corrected chi connectivity index (χ0v) is 12.4. The van der Waals surface area contributed by atoms with Gasteiger partial charge in [0, 0.05) is 12.1 Å². The number of hydrogen-bond acceptors (Lipinski definition) is 6. The van der Waals surface area contributed by atoms with E-state index in [9.17, 15) is 0 Å². The van der Waals surface area contributed by atoms with Crippen LogP contribution < -0.4 is 21.2 Å². The molecule has 0 unspecified atom stereocenters. The van der Waals surface area contributed by atoms with E-state index in [1.54, 1.807) is 0 Å². The smallest absolute Gasteiger partial charge is 0.377 e. The van der Waals surface area contributed by atoms with Gasteiger partial charge in [-0.3, -0.25) is 20.5 Å². The van der Waals surface area contributed by atoms with Crippen molar-refractivity contribution in [3.63, 3.8) is 0 Å². The van der Waals surface area contributed by atoms with Crippen LogP contribution in [0, 0.1) is 0 Å². The van der Waals surface area contributed by atoms with Gasteiger partial charge in [0.2, 0.25) is 0 Å². The Hall–Kier alpha value is -0.0452. The third-order valence-corrected chi connectivity index (χ3v) is 2.25. The van der Waals surface area contributed by atoms with Gasteiger partial charge in [0.05, 0.1) is 0 Å². The van der Waals surface area contributed by atoms with Gasteiger partial charge in [0.15, 0.2) is 0 Å². The molecule has 0 saturated carbocycles. The van der Waals surface area contributed by atoms with E-state index in [1.807, 2.05) is 24.8 Å². The summed E-state index contributed by atoms with van der Waals surface area (Å²) >= 11 is 0. The topological polar surface area (TPSA) is 54.6 Å². The second-order valence-corrected chi connectivity index (χ2v) is 5.50. The molecule has 1 rings (SSSR count). The minimum absolute atomic E-state index is 0.0380. The van der Waals surface area contributed by atoms with Crippen LogP contribution in [0.3, 0.4) is 0 Å². The molecule has 0 aromatic carbocycles. The zero-order valence-electron chi connectivity index (χ0n) is 12.4. The summed E-state index contributed by atoms with van der Waals surface area (Å²) in [7, 11) is 3.90. The first-order chi connectivity index (χ1) is 8.40. The largest absolute Gasteiger partial charge is 0.407 e. The minimum Gasteiger partial charge on any atom is -0.377 e. The fourth-order valence-corrected chi connectivity index (χ4v) is 1.74. The van der Waals surface area contributed by atoms with Crippen molar-refractivity contribution in [2.24, 2.45) is 0 Å². The summed E-state index contributed by atoms with van der Waals surface area (Å²) in [6.07, 6.45) is 0. The van der Waals surface area contributed by atoms with Gasteiger partial charge in [-0.05, 0) is 33.7 Å². The van der Waals surface area contributed by atoms with Crippen LogP contribution in [0.25, 0.3) is 0 Å². The predicted molar refractivity (Wildman–Crippen MR) is 78.9 cm³/mol. The Kier molecular flexibility index (Phi) is 6.69. The molecule has 1 fully saturated rings. The van der Waals surface area contributed by atoms with Crippen LogP contribution in [0.4, 0.5) is 0 Å². The molecule has 18 heavy (non-hydrogen) atoms. The van der Waals surface area contributed by atoms with Crippen LogP contribution in [0.2, 0.25) is 0 Å². The fraction of sp³-hybridized carbons (Fsp3) is 1.00. The lowest BCUT2D eigenvalue weighted by Gasteiger charge is -2.43. The van der Waals surface area contributed by atoms with Gasteiger partial charge in [-0.1, -0.05) is 13.8 Å². The summed E-state index contributed by atoms with van der Waals surface area (Å²) in [6.45, 7) is 12.8. The molecule has 1 aliphatic rings. The molecule has 4 N–H and O–H groups in total. The molecular weight excluding hydrogens is 225 g/mol. The number of hydrazine groups is 2. The average Bonchev–Trinajstić information content (AvgIpc) is 2.20. The maximum absolute atomic E-state index is 3.52. The molecule has 1 aliphatic heterocycles. The monoisotopic (exact) mass is 250 g/mol. The molecule has 6 nitrogen and oxygen atoms in total. The lowest BCUT2D eigenvalue weighted by molar-refractivity contribution is 0.325. The van der Waals surface area contributed by atoms with Gasteiger partial charge in [-0.15, -0.1) is 0 Å². The van der Waals surface area contributed by atoms with Crippen LogP contribution >= 0.6 is 0 Å². The quantitative estimate of drug-likeness (QED) is 0.457. The molecule has 0 spiro atoms. The molecule has 0 atom stereocenters. The highest BCUT2D eigenvalue weighted by Crippen LogP contribution is 1.99. The molecule has 0 bridgehead atoms. The Bertz CT molecular complexity index is 222. The van der Waals surface area contributed by atoms with E-state index >= 15 is 0 Å². The Morgan fingerprint density at radius 2 is 1.28 bits per heavy atom. The Labute approximate surface area is 113 Å². The molecule has 2 radical (unpaired) electrons. The lowest BCUT2D eigenvalue weighted by Crippen LogP contribution is -2.79. The number of hydrogen-bond donors (Lipinski definition) is 4. The normalized spacial score (nSPS) is 18.6. The van der Waals surface area contributed by atoms with Gasteiger partial charge in [0.1, 0.15) is 0 Å². The second kappa shape index (κ2) is 7.52. The first kappa shape index (κ1) is 16.0. The first-order valence-corrected chi connectivity index (χ1v) is 6.68. The van der Waals surface area contributed by atoms with Crippen molar-refractivity contribution in [2.75, 3.05) is 0 Å². The predicted octanol–water partition coefficient (Wildman–Crippen LogP) is -0.929. The van der Waals surface area contributed by atoms with Gasteiger partial charge >= 0.3 is 22.2 Å². The highest BCUT2D eigenvalue weighted by molar-refractivity contribution is 6.72. The van der Waals surface area contributed by atoms with E-state index in [0.29, 0.717) is 18.1 Å². The second-order valence-electron chi connectivity index (χ2n) is 5.50. The number of nitrogens with zero attached hydrogens (tertiary/aromatic N) is 2. The van der Waals surface area contributed by atoms with Crippen LogP contribution in [-0.4, -0.2) is 50.0 Å². The van der Waals surface area contributed by atoms with Gasteiger partial charge in [0.25, 0.3) is 0 Å². The van der Waals surface area contributed by atoms with Crippen molar-refractivity contribution in [2.45, 2.75) is 59.7 Å². The molecule has 9 heteroatoms. The van der Waals surface area contributed by atoms with Gasteiger partial charge in [-0.2, -0.15) is 0 Å². The van der Waals surface area contributed by atoms with Crippen molar-refractivity contribution in [1.29, 1.82) is 0 Å². The Balaban J connectivity index is 2.69. The summed E-state index contributed by atoms with van der Waals surface area (Å²) in [5, 5.41) is 6.65. The SMILES string of the molecule is CC(C)NB1N(NC(C)C)[B]N[B]N1NC(C)C. The Morgan fingerprint density at radius 1 is 0.833 bits per heavy atom. The molecular formula is C9H25B3N6. The molecule has 0 amide bonds. The Morgan fingerprint density at radius 3 is 1.61 bits per heavy atom. The van der Waals surface area contributed by atoms with Crippen molar-refractivity contribution in [3.05, 3.63) is 0 Å². The minimum atomic E-state index is 0.0380. The molecule has 100 valence electrons. The van der Waals surface area contributed by atoms with Gasteiger partial charge in [-0.25, -0.2) is 0 Å². The lowest BCUT2D eigenvalue weighted by atomic mass is 9.71. The number of nitrogens with one attached hydrogen (secondary N) is 4. The van der Waals surface area contributed by atoms with E-state index in [0.717, 1.165) is 0 Å². The van der Waals surface area contributed by atoms with Gasteiger partial charge < -0.3 is 10.4 Å². The molecule has 0 aliphatic carbocycles. The van der Waals surface area contributed by atoms with Crippen molar-refractivity contribution >= 4 is 22.2 Å². The molecule has 1 heterocycles. The van der Waals surface area contributed by atoms with E-state index in [-0.39, 0.29) is 7.12 Å².